The first-order valence-electron chi connectivity index (χ1n) is 6.71. The molecule has 0 aliphatic carbocycles. The molecule has 0 atom stereocenters. The predicted octanol–water partition coefficient (Wildman–Crippen LogP) is 2.54. The van der Waals surface area contributed by atoms with E-state index in [1.165, 1.54) is 31.0 Å². The van der Waals surface area contributed by atoms with Crippen LogP contribution in [0.1, 0.15) is 19.4 Å². The van der Waals surface area contributed by atoms with Crippen molar-refractivity contribution in [2.75, 3.05) is 7.11 Å². The van der Waals surface area contributed by atoms with Crippen LogP contribution in [0.15, 0.2) is 23.4 Å². The summed E-state index contributed by atoms with van der Waals surface area (Å²) in [6, 6.07) is 4.54. The lowest BCUT2D eigenvalue weighted by atomic mass is 10.2. The molecule has 2 aromatic rings. The number of rotatable bonds is 7. The normalized spacial score (nSPS) is 10.9. The molecule has 1 aromatic heterocycles. The lowest BCUT2D eigenvalue weighted by Crippen LogP contribution is -2.07. The van der Waals surface area contributed by atoms with E-state index in [9.17, 15) is 10.1 Å². The van der Waals surface area contributed by atoms with E-state index in [0.29, 0.717) is 22.6 Å². The number of hydrogen-bond donors (Lipinski definition) is 0. The molecule has 0 aliphatic rings. The molecule has 1 aromatic carbocycles. The van der Waals surface area contributed by atoms with Crippen LogP contribution in [0.2, 0.25) is 0 Å². The Kier molecular flexibility index (Phi) is 5.31. The van der Waals surface area contributed by atoms with Crippen LogP contribution >= 0.6 is 11.8 Å². The van der Waals surface area contributed by atoms with E-state index in [0.717, 1.165) is 12.1 Å². The molecule has 22 heavy (non-hydrogen) atoms. The van der Waals surface area contributed by atoms with Gasteiger partial charge in [-0.15, -0.1) is 5.10 Å². The van der Waals surface area contributed by atoms with Gasteiger partial charge < -0.3 is 4.74 Å². The third-order valence-corrected chi connectivity index (χ3v) is 3.87. The van der Waals surface area contributed by atoms with Crippen molar-refractivity contribution in [3.63, 3.8) is 0 Å². The Balaban J connectivity index is 2.15. The molecular formula is C13H17N5O3S. The number of nitrogens with zero attached hydrogens (tertiary/aromatic N) is 5. The van der Waals surface area contributed by atoms with Crippen molar-refractivity contribution in [2.45, 2.75) is 31.3 Å². The first-order valence-corrected chi connectivity index (χ1v) is 7.70. The Labute approximate surface area is 132 Å². The zero-order chi connectivity index (χ0) is 16.1. The van der Waals surface area contributed by atoms with Gasteiger partial charge in [-0.05, 0) is 22.4 Å². The van der Waals surface area contributed by atoms with Gasteiger partial charge in [0.1, 0.15) is 5.75 Å². The number of nitro groups is 1. The molecule has 2 rings (SSSR count). The number of aromatic nitrogens is 4. The van der Waals surface area contributed by atoms with Gasteiger partial charge in [0, 0.05) is 30.0 Å². The largest absolute Gasteiger partial charge is 0.496 e. The molecule has 0 aliphatic heterocycles. The summed E-state index contributed by atoms with van der Waals surface area (Å²) >= 11 is 1.42. The van der Waals surface area contributed by atoms with Crippen LogP contribution in [0.25, 0.3) is 0 Å². The summed E-state index contributed by atoms with van der Waals surface area (Å²) in [5.41, 5.74) is 0.777. The Morgan fingerprint density at radius 3 is 2.86 bits per heavy atom. The van der Waals surface area contributed by atoms with E-state index in [1.807, 2.05) is 0 Å². The van der Waals surface area contributed by atoms with Gasteiger partial charge >= 0.3 is 0 Å². The average Bonchev–Trinajstić information content (AvgIpc) is 2.91. The van der Waals surface area contributed by atoms with Gasteiger partial charge in [0.2, 0.25) is 5.16 Å². The van der Waals surface area contributed by atoms with Gasteiger partial charge in [-0.25, -0.2) is 4.68 Å². The molecule has 9 heteroatoms. The van der Waals surface area contributed by atoms with Crippen molar-refractivity contribution >= 4 is 17.4 Å². The summed E-state index contributed by atoms with van der Waals surface area (Å²) in [5.74, 6) is 1.53. The second-order valence-corrected chi connectivity index (χ2v) is 6.02. The van der Waals surface area contributed by atoms with Gasteiger partial charge in [0.15, 0.2) is 0 Å². The molecule has 0 saturated heterocycles. The van der Waals surface area contributed by atoms with Crippen molar-refractivity contribution in [1.29, 1.82) is 0 Å². The minimum Gasteiger partial charge on any atom is -0.496 e. The van der Waals surface area contributed by atoms with E-state index in [1.54, 1.807) is 10.7 Å². The number of ether oxygens (including phenoxy) is 1. The standard InChI is InChI=1S/C13H17N5O3S/c1-9(2)7-17-13(14-15-16-17)22-8-10-6-11(18(19)20)4-5-12(10)21-3/h4-6,9H,7-8H2,1-3H3. The molecule has 0 spiro atoms. The Morgan fingerprint density at radius 1 is 1.45 bits per heavy atom. The lowest BCUT2D eigenvalue weighted by Gasteiger charge is -2.09. The Morgan fingerprint density at radius 2 is 2.23 bits per heavy atom. The zero-order valence-electron chi connectivity index (χ0n) is 12.6. The summed E-state index contributed by atoms with van der Waals surface area (Å²) in [4.78, 5) is 10.5. The average molecular weight is 323 g/mol. The number of hydrogen-bond acceptors (Lipinski definition) is 7. The van der Waals surface area contributed by atoms with Crippen molar-refractivity contribution in [2.24, 2.45) is 5.92 Å². The SMILES string of the molecule is COc1ccc([N+](=O)[O-])cc1CSc1nnnn1CC(C)C. The molecule has 0 amide bonds. The first-order chi connectivity index (χ1) is 10.5. The number of nitro benzene ring substituents is 1. The predicted molar refractivity (Wildman–Crippen MR) is 81.9 cm³/mol. The molecular weight excluding hydrogens is 306 g/mol. The maximum Gasteiger partial charge on any atom is 0.270 e. The Hall–Kier alpha value is -2.16. The van der Waals surface area contributed by atoms with E-state index in [2.05, 4.69) is 29.4 Å². The fraction of sp³-hybridized carbons (Fsp3) is 0.462. The van der Waals surface area contributed by atoms with Crippen molar-refractivity contribution in [3.8, 4) is 5.75 Å². The molecule has 0 bridgehead atoms. The summed E-state index contributed by atoms with van der Waals surface area (Å²) < 4.78 is 6.99. The monoisotopic (exact) mass is 323 g/mol. The van der Waals surface area contributed by atoms with Crippen LogP contribution in [0.4, 0.5) is 5.69 Å². The highest BCUT2D eigenvalue weighted by atomic mass is 32.2. The van der Waals surface area contributed by atoms with E-state index < -0.39 is 4.92 Å². The number of thioether (sulfide) groups is 1. The fourth-order valence-corrected chi connectivity index (χ4v) is 2.76. The van der Waals surface area contributed by atoms with Crippen LogP contribution < -0.4 is 4.74 Å². The Bertz CT molecular complexity index is 659. The molecule has 1 heterocycles. The van der Waals surface area contributed by atoms with Gasteiger partial charge in [-0.3, -0.25) is 10.1 Å². The summed E-state index contributed by atoms with van der Waals surface area (Å²) in [6.45, 7) is 4.89. The lowest BCUT2D eigenvalue weighted by molar-refractivity contribution is -0.384. The van der Waals surface area contributed by atoms with Gasteiger partial charge in [-0.2, -0.15) is 0 Å². The third-order valence-electron chi connectivity index (χ3n) is 2.87. The van der Waals surface area contributed by atoms with Crippen molar-refractivity contribution in [3.05, 3.63) is 33.9 Å². The smallest absolute Gasteiger partial charge is 0.270 e. The van der Waals surface area contributed by atoms with Crippen LogP contribution in [0, 0.1) is 16.0 Å². The van der Waals surface area contributed by atoms with E-state index >= 15 is 0 Å². The quantitative estimate of drug-likeness (QED) is 0.439. The summed E-state index contributed by atoms with van der Waals surface area (Å²) in [5, 5.41) is 23.2. The maximum atomic E-state index is 10.9. The van der Waals surface area contributed by atoms with Crippen LogP contribution in [-0.4, -0.2) is 32.2 Å². The molecule has 8 nitrogen and oxygen atoms in total. The second-order valence-electron chi connectivity index (χ2n) is 5.08. The topological polar surface area (TPSA) is 96.0 Å². The molecule has 0 saturated carbocycles. The van der Waals surface area contributed by atoms with Crippen molar-refractivity contribution in [1.82, 2.24) is 20.2 Å². The molecule has 118 valence electrons. The number of tetrazole rings is 1. The van der Waals surface area contributed by atoms with Gasteiger partial charge in [0.05, 0.1) is 12.0 Å². The van der Waals surface area contributed by atoms with E-state index in [4.69, 9.17) is 4.74 Å². The number of non-ortho nitro benzene ring substituents is 1. The van der Waals surface area contributed by atoms with Gasteiger partial charge in [-0.1, -0.05) is 25.6 Å². The highest BCUT2D eigenvalue weighted by Gasteiger charge is 2.14. The van der Waals surface area contributed by atoms with Crippen LogP contribution in [-0.2, 0) is 12.3 Å². The number of benzene rings is 1. The highest BCUT2D eigenvalue weighted by molar-refractivity contribution is 7.98. The van der Waals surface area contributed by atoms with Gasteiger partial charge in [0.25, 0.3) is 5.69 Å². The molecule has 0 radical (unpaired) electrons. The maximum absolute atomic E-state index is 10.9. The summed E-state index contributed by atoms with van der Waals surface area (Å²) in [7, 11) is 1.54. The fourth-order valence-electron chi connectivity index (χ4n) is 1.89. The van der Waals surface area contributed by atoms with Crippen LogP contribution in [0.5, 0.6) is 5.75 Å². The molecule has 0 fully saturated rings. The molecule has 0 N–H and O–H groups in total. The third kappa shape index (κ3) is 3.94. The minimum absolute atomic E-state index is 0.0400. The molecule has 0 unspecified atom stereocenters. The summed E-state index contributed by atoms with van der Waals surface area (Å²) in [6.07, 6.45) is 0. The first kappa shape index (κ1) is 16.2. The minimum atomic E-state index is -0.420. The number of methoxy groups -OCH3 is 1. The highest BCUT2D eigenvalue weighted by Crippen LogP contribution is 2.29. The second kappa shape index (κ2) is 7.21. The zero-order valence-corrected chi connectivity index (χ0v) is 13.4. The van der Waals surface area contributed by atoms with Crippen molar-refractivity contribution < 1.29 is 9.66 Å². The van der Waals surface area contributed by atoms with Crippen LogP contribution in [0.3, 0.4) is 0 Å². The van der Waals surface area contributed by atoms with E-state index in [-0.39, 0.29) is 5.69 Å².